The molecule has 0 amide bonds. The van der Waals surface area contributed by atoms with E-state index in [0.29, 0.717) is 0 Å². The third kappa shape index (κ3) is 2.80. The summed E-state index contributed by atoms with van der Waals surface area (Å²) in [6.07, 6.45) is 1.90. The van der Waals surface area contributed by atoms with Crippen molar-refractivity contribution in [1.82, 2.24) is 9.97 Å². The average molecular weight is 276 g/mol. The lowest BCUT2D eigenvalue weighted by atomic mass is 9.85. The number of rotatable bonds is 1. The molecule has 3 aromatic rings. The molecular formula is C19H20N2. The summed E-state index contributed by atoms with van der Waals surface area (Å²) in [5.41, 5.74) is 4.76. The van der Waals surface area contributed by atoms with Crippen molar-refractivity contribution in [3.8, 4) is 11.4 Å². The number of aromatic nitrogens is 2. The number of nitrogens with zero attached hydrogens (tertiary/aromatic N) is 2. The third-order valence-corrected chi connectivity index (χ3v) is 3.69. The van der Waals surface area contributed by atoms with E-state index in [2.05, 4.69) is 50.9 Å². The van der Waals surface area contributed by atoms with Crippen molar-refractivity contribution in [3.63, 3.8) is 0 Å². The van der Waals surface area contributed by atoms with Crippen molar-refractivity contribution in [2.75, 3.05) is 0 Å². The van der Waals surface area contributed by atoms with E-state index < -0.39 is 0 Å². The van der Waals surface area contributed by atoms with Gasteiger partial charge in [-0.25, -0.2) is 9.97 Å². The second-order valence-electron chi connectivity index (χ2n) is 6.59. The zero-order chi connectivity index (χ0) is 15.0. The van der Waals surface area contributed by atoms with Gasteiger partial charge in [-0.05, 0) is 36.1 Å². The molecule has 0 aliphatic carbocycles. The molecule has 21 heavy (non-hydrogen) atoms. The number of hydrogen-bond acceptors (Lipinski definition) is 2. The Hall–Kier alpha value is -2.22. The van der Waals surface area contributed by atoms with Crippen LogP contribution in [-0.2, 0) is 5.41 Å². The third-order valence-electron chi connectivity index (χ3n) is 3.69. The predicted molar refractivity (Wildman–Crippen MR) is 88.4 cm³/mol. The Kier molecular flexibility index (Phi) is 3.25. The molecule has 2 heteroatoms. The highest BCUT2D eigenvalue weighted by molar-refractivity contribution is 5.79. The minimum absolute atomic E-state index is 0.123. The fourth-order valence-corrected chi connectivity index (χ4v) is 2.46. The average Bonchev–Trinajstić information content (AvgIpc) is 2.45. The molecule has 0 fully saturated rings. The first-order chi connectivity index (χ1) is 9.93. The SMILES string of the molecule is Cc1cc(-c2ncc3ccccc3n2)cc(C(C)(C)C)c1. The zero-order valence-corrected chi connectivity index (χ0v) is 13.0. The van der Waals surface area contributed by atoms with Crippen molar-refractivity contribution in [2.45, 2.75) is 33.1 Å². The molecule has 2 nitrogen and oxygen atoms in total. The molecule has 2 aromatic carbocycles. The molecule has 0 N–H and O–H groups in total. The summed E-state index contributed by atoms with van der Waals surface area (Å²) in [6, 6.07) is 14.7. The highest BCUT2D eigenvalue weighted by Gasteiger charge is 2.15. The zero-order valence-electron chi connectivity index (χ0n) is 13.0. The van der Waals surface area contributed by atoms with Gasteiger partial charge in [0.1, 0.15) is 0 Å². The van der Waals surface area contributed by atoms with E-state index in [1.165, 1.54) is 11.1 Å². The predicted octanol–water partition coefficient (Wildman–Crippen LogP) is 4.90. The molecule has 1 aromatic heterocycles. The quantitative estimate of drug-likeness (QED) is 0.631. The van der Waals surface area contributed by atoms with Gasteiger partial charge in [-0.2, -0.15) is 0 Å². The van der Waals surface area contributed by atoms with Crippen LogP contribution in [0.2, 0.25) is 0 Å². The molecular weight excluding hydrogens is 256 g/mol. The molecule has 0 atom stereocenters. The van der Waals surface area contributed by atoms with E-state index in [9.17, 15) is 0 Å². The van der Waals surface area contributed by atoms with E-state index in [1.807, 2.05) is 30.5 Å². The number of aryl methyl sites for hydroxylation is 1. The van der Waals surface area contributed by atoms with Gasteiger partial charge in [-0.3, -0.25) is 0 Å². The monoisotopic (exact) mass is 276 g/mol. The van der Waals surface area contributed by atoms with Crippen LogP contribution in [0.25, 0.3) is 22.3 Å². The highest BCUT2D eigenvalue weighted by atomic mass is 14.9. The van der Waals surface area contributed by atoms with Crippen molar-refractivity contribution < 1.29 is 0 Å². The van der Waals surface area contributed by atoms with Crippen LogP contribution in [0.4, 0.5) is 0 Å². The molecule has 0 aliphatic heterocycles. The van der Waals surface area contributed by atoms with E-state index in [4.69, 9.17) is 4.98 Å². The molecule has 106 valence electrons. The maximum absolute atomic E-state index is 4.70. The number of para-hydroxylation sites is 1. The summed E-state index contributed by atoms with van der Waals surface area (Å²) in [7, 11) is 0. The molecule has 0 spiro atoms. The van der Waals surface area contributed by atoms with Gasteiger partial charge in [-0.1, -0.05) is 50.6 Å². The van der Waals surface area contributed by atoms with Gasteiger partial charge in [-0.15, -0.1) is 0 Å². The highest BCUT2D eigenvalue weighted by Crippen LogP contribution is 2.28. The first kappa shape index (κ1) is 13.7. The lowest BCUT2D eigenvalue weighted by Gasteiger charge is -2.20. The van der Waals surface area contributed by atoms with Gasteiger partial charge in [0.2, 0.25) is 0 Å². The van der Waals surface area contributed by atoms with E-state index in [-0.39, 0.29) is 5.41 Å². The Bertz CT molecular complexity index is 798. The fourth-order valence-electron chi connectivity index (χ4n) is 2.46. The minimum atomic E-state index is 0.123. The number of hydrogen-bond donors (Lipinski definition) is 0. The summed E-state index contributed by atoms with van der Waals surface area (Å²) in [5.74, 6) is 0.794. The summed E-state index contributed by atoms with van der Waals surface area (Å²) in [5, 5.41) is 1.07. The Labute approximate surface area is 125 Å². The van der Waals surface area contributed by atoms with Crippen molar-refractivity contribution in [1.29, 1.82) is 0 Å². The smallest absolute Gasteiger partial charge is 0.159 e. The molecule has 0 saturated carbocycles. The Morgan fingerprint density at radius 3 is 2.48 bits per heavy atom. The van der Waals surface area contributed by atoms with Crippen LogP contribution in [0, 0.1) is 6.92 Å². The normalized spacial score (nSPS) is 11.8. The van der Waals surface area contributed by atoms with Crippen LogP contribution in [-0.4, -0.2) is 9.97 Å². The first-order valence-corrected chi connectivity index (χ1v) is 7.28. The van der Waals surface area contributed by atoms with Crippen LogP contribution >= 0.6 is 0 Å². The summed E-state index contributed by atoms with van der Waals surface area (Å²) in [6.45, 7) is 8.81. The molecule has 0 saturated heterocycles. The van der Waals surface area contributed by atoms with E-state index in [1.54, 1.807) is 0 Å². The largest absolute Gasteiger partial charge is 0.236 e. The van der Waals surface area contributed by atoms with Crippen LogP contribution in [0.5, 0.6) is 0 Å². The Morgan fingerprint density at radius 2 is 1.71 bits per heavy atom. The molecule has 0 radical (unpaired) electrons. The van der Waals surface area contributed by atoms with Crippen LogP contribution in [0.3, 0.4) is 0 Å². The van der Waals surface area contributed by atoms with Crippen molar-refractivity contribution >= 4 is 10.9 Å². The maximum atomic E-state index is 4.70. The lowest BCUT2D eigenvalue weighted by molar-refractivity contribution is 0.590. The molecule has 0 bridgehead atoms. The second kappa shape index (κ2) is 4.96. The summed E-state index contributed by atoms with van der Waals surface area (Å²) >= 11 is 0. The van der Waals surface area contributed by atoms with E-state index >= 15 is 0 Å². The number of benzene rings is 2. The fraction of sp³-hybridized carbons (Fsp3) is 0.263. The van der Waals surface area contributed by atoms with Gasteiger partial charge in [0.25, 0.3) is 0 Å². The lowest BCUT2D eigenvalue weighted by Crippen LogP contribution is -2.11. The van der Waals surface area contributed by atoms with Gasteiger partial charge in [0, 0.05) is 17.1 Å². The molecule has 0 aliphatic rings. The van der Waals surface area contributed by atoms with E-state index in [0.717, 1.165) is 22.3 Å². The summed E-state index contributed by atoms with van der Waals surface area (Å²) in [4.78, 5) is 9.23. The van der Waals surface area contributed by atoms with Crippen molar-refractivity contribution in [2.24, 2.45) is 0 Å². The van der Waals surface area contributed by atoms with Crippen LogP contribution in [0.1, 0.15) is 31.9 Å². The molecule has 3 rings (SSSR count). The summed E-state index contributed by atoms with van der Waals surface area (Å²) < 4.78 is 0. The van der Waals surface area contributed by atoms with Crippen LogP contribution < -0.4 is 0 Å². The Morgan fingerprint density at radius 1 is 0.952 bits per heavy atom. The van der Waals surface area contributed by atoms with Gasteiger partial charge in [0.05, 0.1) is 5.52 Å². The van der Waals surface area contributed by atoms with Gasteiger partial charge >= 0.3 is 0 Å². The van der Waals surface area contributed by atoms with Crippen molar-refractivity contribution in [3.05, 3.63) is 59.8 Å². The molecule has 0 unspecified atom stereocenters. The standard InChI is InChI=1S/C19H20N2/c1-13-9-15(11-16(10-13)19(2,3)4)18-20-12-14-7-5-6-8-17(14)21-18/h5-12H,1-4H3. The van der Waals surface area contributed by atoms with Gasteiger partial charge < -0.3 is 0 Å². The second-order valence-corrected chi connectivity index (χ2v) is 6.59. The van der Waals surface area contributed by atoms with Crippen LogP contribution in [0.15, 0.2) is 48.7 Å². The maximum Gasteiger partial charge on any atom is 0.159 e. The van der Waals surface area contributed by atoms with Gasteiger partial charge in [0.15, 0.2) is 5.82 Å². The topological polar surface area (TPSA) is 25.8 Å². The first-order valence-electron chi connectivity index (χ1n) is 7.28. The minimum Gasteiger partial charge on any atom is -0.236 e. The molecule has 1 heterocycles. The Balaban J connectivity index is 2.16. The number of fused-ring (bicyclic) bond motifs is 1.